The molecule has 1 amide bonds. The molecule has 178 valence electrons. The van der Waals surface area contributed by atoms with Crippen molar-refractivity contribution in [2.75, 3.05) is 29.2 Å². The molecule has 10 nitrogen and oxygen atoms in total. The van der Waals surface area contributed by atoms with Gasteiger partial charge < -0.3 is 20.3 Å². The first kappa shape index (κ1) is 21.8. The van der Waals surface area contributed by atoms with E-state index in [1.807, 2.05) is 4.90 Å². The molecule has 3 aliphatic rings. The molecule has 3 N–H and O–H groups in total. The molecule has 34 heavy (non-hydrogen) atoms. The highest BCUT2D eigenvalue weighted by Gasteiger charge is 2.39. The Bertz CT molecular complexity index is 1230. The summed E-state index contributed by atoms with van der Waals surface area (Å²) in [4.78, 5) is 29.0. The Labute approximate surface area is 205 Å². The Kier molecular flexibility index (Phi) is 5.62. The lowest BCUT2D eigenvalue weighted by molar-refractivity contribution is -0.117. The maximum Gasteiger partial charge on any atom is 0.249 e. The van der Waals surface area contributed by atoms with E-state index in [9.17, 15) is 4.79 Å². The molecule has 2 atom stereocenters. The summed E-state index contributed by atoms with van der Waals surface area (Å²) in [6.07, 6.45) is 7.23. The Hall–Kier alpha value is -2.76. The molecule has 3 aromatic heterocycles. The highest BCUT2D eigenvalue weighted by molar-refractivity contribution is 7.19. The fourth-order valence-electron chi connectivity index (χ4n) is 4.72. The summed E-state index contributed by atoms with van der Waals surface area (Å²) < 4.78 is 6.13. The number of aryl methyl sites for hydroxylation is 1. The third-order valence-electron chi connectivity index (χ3n) is 6.65. The van der Waals surface area contributed by atoms with Gasteiger partial charge in [-0.05, 0) is 32.1 Å². The number of methoxy groups -OCH3 is 1. The first-order valence-electron chi connectivity index (χ1n) is 11.5. The zero-order valence-electron chi connectivity index (χ0n) is 18.7. The molecule has 0 radical (unpaired) electrons. The van der Waals surface area contributed by atoms with E-state index in [1.54, 1.807) is 7.11 Å². The topological polar surface area (TPSA) is 121 Å². The number of nitrogens with one attached hydrogen (secondary N) is 3. The predicted molar refractivity (Wildman–Crippen MR) is 130 cm³/mol. The number of aromatic nitrogens is 5. The number of carbonyl (C=O) groups is 1. The van der Waals surface area contributed by atoms with Crippen LogP contribution < -0.4 is 15.5 Å². The molecule has 2 aliphatic carbocycles. The van der Waals surface area contributed by atoms with Gasteiger partial charge in [0, 0.05) is 43.3 Å². The van der Waals surface area contributed by atoms with Crippen molar-refractivity contribution < 1.29 is 9.53 Å². The molecule has 0 bridgehead atoms. The van der Waals surface area contributed by atoms with Crippen LogP contribution in [0.3, 0.4) is 0 Å². The van der Waals surface area contributed by atoms with E-state index in [2.05, 4.69) is 31.9 Å². The van der Waals surface area contributed by atoms with Gasteiger partial charge in [0.05, 0.1) is 18.0 Å². The number of hydrogen-bond acceptors (Lipinski definition) is 9. The van der Waals surface area contributed by atoms with Crippen LogP contribution in [0.1, 0.15) is 48.6 Å². The standard InChI is InChI=1S/C22H25ClN8O2S/c1-33-12-7-16(20(32)28-22-24-9-17(23)34-22)31(10-12)21-25-14-4-2-3-13(14)19(27-21)26-18-8-15(29-30-18)11-5-6-11/h8-9,11-12,16H,2-7,10H2,1H3,(H,24,28,32)(H2,25,26,27,29,30). The zero-order chi connectivity index (χ0) is 23.2. The average molecular weight is 501 g/mol. The number of halogens is 1. The number of aromatic amines is 1. The fraction of sp³-hybridized carbons (Fsp3) is 0.500. The highest BCUT2D eigenvalue weighted by Crippen LogP contribution is 2.40. The number of hydrogen-bond donors (Lipinski definition) is 3. The van der Waals surface area contributed by atoms with Gasteiger partial charge in [-0.1, -0.05) is 22.9 Å². The quantitative estimate of drug-likeness (QED) is 0.449. The third-order valence-corrected chi connectivity index (χ3v) is 7.68. The molecular weight excluding hydrogens is 476 g/mol. The lowest BCUT2D eigenvalue weighted by Crippen LogP contribution is -2.40. The monoisotopic (exact) mass is 500 g/mol. The summed E-state index contributed by atoms with van der Waals surface area (Å²) in [5.41, 5.74) is 3.31. The summed E-state index contributed by atoms with van der Waals surface area (Å²) in [5, 5.41) is 14.3. The van der Waals surface area contributed by atoms with Gasteiger partial charge in [-0.25, -0.2) is 9.97 Å². The number of thiazole rings is 1. The van der Waals surface area contributed by atoms with E-state index in [4.69, 9.17) is 26.3 Å². The maximum atomic E-state index is 13.2. The van der Waals surface area contributed by atoms with Crippen LogP contribution in [0.15, 0.2) is 12.3 Å². The summed E-state index contributed by atoms with van der Waals surface area (Å²) in [5.74, 6) is 2.46. The van der Waals surface area contributed by atoms with E-state index in [0.29, 0.717) is 34.3 Å². The first-order chi connectivity index (χ1) is 16.6. The lowest BCUT2D eigenvalue weighted by atomic mass is 10.2. The van der Waals surface area contributed by atoms with Crippen LogP contribution in [0.5, 0.6) is 0 Å². The number of nitrogens with zero attached hydrogens (tertiary/aromatic N) is 5. The van der Waals surface area contributed by atoms with E-state index in [1.165, 1.54) is 30.4 Å². The molecule has 4 heterocycles. The number of H-pyrrole nitrogens is 1. The minimum Gasteiger partial charge on any atom is -0.380 e. The molecule has 2 fully saturated rings. The van der Waals surface area contributed by atoms with Crippen LogP contribution in [0, 0.1) is 0 Å². The van der Waals surface area contributed by atoms with Crippen LogP contribution >= 0.6 is 22.9 Å². The normalized spacial score (nSPS) is 21.6. The van der Waals surface area contributed by atoms with Gasteiger partial charge in [0.1, 0.15) is 16.2 Å². The molecular formula is C22H25ClN8O2S. The minimum absolute atomic E-state index is 0.101. The fourth-order valence-corrected chi connectivity index (χ4v) is 5.53. The van der Waals surface area contributed by atoms with Crippen molar-refractivity contribution in [1.29, 1.82) is 0 Å². The average Bonchev–Trinajstić information content (AvgIpc) is 3.23. The van der Waals surface area contributed by atoms with Gasteiger partial charge in [-0.15, -0.1) is 0 Å². The number of rotatable bonds is 7. The van der Waals surface area contributed by atoms with E-state index in [-0.39, 0.29) is 12.0 Å². The van der Waals surface area contributed by atoms with Crippen LogP contribution in [0.2, 0.25) is 4.34 Å². The van der Waals surface area contributed by atoms with Crippen molar-refractivity contribution in [2.45, 2.75) is 56.6 Å². The van der Waals surface area contributed by atoms with Crippen molar-refractivity contribution in [3.05, 3.63) is 33.6 Å². The number of fused-ring (bicyclic) bond motifs is 1. The number of anilines is 4. The van der Waals surface area contributed by atoms with Crippen molar-refractivity contribution in [3.8, 4) is 0 Å². The molecule has 1 aliphatic heterocycles. The van der Waals surface area contributed by atoms with Crippen molar-refractivity contribution in [3.63, 3.8) is 0 Å². The Morgan fingerprint density at radius 2 is 2.21 bits per heavy atom. The van der Waals surface area contributed by atoms with Gasteiger partial charge in [0.15, 0.2) is 10.9 Å². The molecule has 1 saturated carbocycles. The van der Waals surface area contributed by atoms with E-state index < -0.39 is 6.04 Å². The van der Waals surface area contributed by atoms with Crippen LogP contribution in [-0.2, 0) is 22.4 Å². The molecule has 12 heteroatoms. The van der Waals surface area contributed by atoms with E-state index >= 15 is 0 Å². The highest BCUT2D eigenvalue weighted by atomic mass is 35.5. The SMILES string of the molecule is COC1CC(C(=O)Nc2ncc(Cl)s2)N(c2nc3c(c(Nc4cc(C5CC5)[nH]n4)n2)CCC3)C1. The second kappa shape index (κ2) is 8.79. The lowest BCUT2D eigenvalue weighted by Gasteiger charge is -2.24. The summed E-state index contributed by atoms with van der Waals surface area (Å²) in [7, 11) is 1.66. The van der Waals surface area contributed by atoms with Crippen LogP contribution in [-0.4, -0.2) is 56.9 Å². The number of ether oxygens (including phenoxy) is 1. The third kappa shape index (κ3) is 4.23. The number of amides is 1. The molecule has 0 spiro atoms. The van der Waals surface area contributed by atoms with Crippen LogP contribution in [0.4, 0.5) is 22.7 Å². The zero-order valence-corrected chi connectivity index (χ0v) is 20.2. The molecule has 1 saturated heterocycles. The van der Waals surface area contributed by atoms with Crippen molar-refractivity contribution in [2.24, 2.45) is 0 Å². The minimum atomic E-state index is -0.480. The second-order valence-corrected chi connectivity index (χ2v) is 10.6. The molecule has 6 rings (SSSR count). The van der Waals surface area contributed by atoms with Crippen molar-refractivity contribution in [1.82, 2.24) is 25.1 Å². The summed E-state index contributed by atoms with van der Waals surface area (Å²) in [6.45, 7) is 0.527. The summed E-state index contributed by atoms with van der Waals surface area (Å²) in [6, 6.07) is 1.58. The second-order valence-electron chi connectivity index (χ2n) is 8.98. The Morgan fingerprint density at radius 3 is 2.97 bits per heavy atom. The first-order valence-corrected chi connectivity index (χ1v) is 12.7. The molecule has 0 aromatic carbocycles. The Balaban J connectivity index is 1.29. The van der Waals surface area contributed by atoms with Crippen LogP contribution in [0.25, 0.3) is 0 Å². The number of carbonyl (C=O) groups excluding carboxylic acids is 1. The van der Waals surface area contributed by atoms with Gasteiger partial charge in [-0.2, -0.15) is 10.1 Å². The largest absolute Gasteiger partial charge is 0.380 e. The smallest absolute Gasteiger partial charge is 0.249 e. The maximum absolute atomic E-state index is 13.2. The summed E-state index contributed by atoms with van der Waals surface area (Å²) >= 11 is 7.20. The van der Waals surface area contributed by atoms with Gasteiger partial charge in [0.2, 0.25) is 11.9 Å². The molecule has 2 unspecified atom stereocenters. The Morgan fingerprint density at radius 1 is 1.32 bits per heavy atom. The van der Waals surface area contributed by atoms with Gasteiger partial charge in [-0.3, -0.25) is 9.89 Å². The van der Waals surface area contributed by atoms with Gasteiger partial charge >= 0.3 is 0 Å². The van der Waals surface area contributed by atoms with Crippen molar-refractivity contribution >= 4 is 51.6 Å². The van der Waals surface area contributed by atoms with E-state index in [0.717, 1.165) is 47.8 Å². The van der Waals surface area contributed by atoms with Gasteiger partial charge in [0.25, 0.3) is 0 Å². The predicted octanol–water partition coefficient (Wildman–Crippen LogP) is 3.65. The molecule has 3 aromatic rings.